The summed E-state index contributed by atoms with van der Waals surface area (Å²) in [4.78, 5) is 12.7. The van der Waals surface area contributed by atoms with Gasteiger partial charge in [-0.1, -0.05) is 30.3 Å². The molecule has 3 aromatic rings. The van der Waals surface area contributed by atoms with Crippen molar-refractivity contribution in [2.45, 2.75) is 12.7 Å². The normalized spacial score (nSPS) is 14.9. The van der Waals surface area contributed by atoms with Gasteiger partial charge in [0.25, 0.3) is 0 Å². The molecule has 1 aliphatic rings. The zero-order chi connectivity index (χ0) is 23.4. The first-order chi connectivity index (χ1) is 15.0. The van der Waals surface area contributed by atoms with Crippen molar-refractivity contribution in [2.24, 2.45) is 0 Å². The smallest absolute Gasteiger partial charge is 0.423 e. The molecular formula is C21H9F8NO2. The quantitative estimate of drug-likeness (QED) is 0.286. The molecule has 1 heterocycles. The predicted octanol–water partition coefficient (Wildman–Crippen LogP) is 5.71. The molecule has 1 aliphatic heterocycles. The summed E-state index contributed by atoms with van der Waals surface area (Å²) in [7, 11) is 0. The predicted molar refractivity (Wildman–Crippen MR) is 94.8 cm³/mol. The molecule has 0 aromatic heterocycles. The van der Waals surface area contributed by atoms with E-state index in [2.05, 4.69) is 4.74 Å². The molecule has 0 N–H and O–H groups in total. The lowest BCUT2D eigenvalue weighted by Crippen LogP contribution is -2.50. The van der Waals surface area contributed by atoms with Gasteiger partial charge in [-0.25, -0.2) is 26.3 Å². The van der Waals surface area contributed by atoms with E-state index in [1.54, 1.807) is 18.2 Å². The molecule has 3 nitrogen and oxygen atoms in total. The van der Waals surface area contributed by atoms with Gasteiger partial charge in [0.1, 0.15) is 5.82 Å². The Kier molecular flexibility index (Phi) is 5.06. The maximum Gasteiger partial charge on any atom is 0.482 e. The van der Waals surface area contributed by atoms with E-state index in [9.17, 15) is 39.9 Å². The van der Waals surface area contributed by atoms with Crippen LogP contribution in [0.3, 0.4) is 0 Å². The fourth-order valence-corrected chi connectivity index (χ4v) is 3.24. The number of carbonyl (C=O) groups excluding carboxylic acids is 1. The summed E-state index contributed by atoms with van der Waals surface area (Å²) in [5.41, 5.74) is -2.96. The van der Waals surface area contributed by atoms with Gasteiger partial charge >= 0.3 is 12.0 Å². The van der Waals surface area contributed by atoms with E-state index >= 15 is 0 Å². The minimum absolute atomic E-state index is 0.279. The number of halogens is 8. The van der Waals surface area contributed by atoms with Crippen molar-refractivity contribution in [3.8, 4) is 16.9 Å². The molecule has 0 saturated carbocycles. The second-order valence-electron chi connectivity index (χ2n) is 6.74. The Balaban J connectivity index is 1.94. The number of hydrogen-bond donors (Lipinski definition) is 0. The van der Waals surface area contributed by atoms with E-state index in [1.807, 2.05) is 0 Å². The number of anilines is 1. The molecule has 0 bridgehead atoms. The van der Waals surface area contributed by atoms with Crippen LogP contribution < -0.4 is 9.64 Å². The molecule has 1 amide bonds. The van der Waals surface area contributed by atoms with Gasteiger partial charge in [-0.05, 0) is 11.6 Å². The van der Waals surface area contributed by atoms with Crippen LogP contribution in [-0.4, -0.2) is 12.0 Å². The highest BCUT2D eigenvalue weighted by atomic mass is 19.3. The third kappa shape index (κ3) is 3.33. The van der Waals surface area contributed by atoms with E-state index in [0.717, 1.165) is 0 Å². The Morgan fingerprint density at radius 1 is 0.812 bits per heavy atom. The van der Waals surface area contributed by atoms with Crippen molar-refractivity contribution in [3.05, 3.63) is 82.9 Å². The van der Waals surface area contributed by atoms with Gasteiger partial charge in [-0.2, -0.15) is 8.78 Å². The van der Waals surface area contributed by atoms with E-state index < -0.39 is 76.0 Å². The summed E-state index contributed by atoms with van der Waals surface area (Å²) >= 11 is 0. The highest BCUT2D eigenvalue weighted by Crippen LogP contribution is 2.44. The number of hydrogen-bond acceptors (Lipinski definition) is 2. The molecule has 0 unspecified atom stereocenters. The average Bonchev–Trinajstić information content (AvgIpc) is 2.75. The van der Waals surface area contributed by atoms with E-state index in [1.165, 1.54) is 12.1 Å². The maximum atomic E-state index is 14.6. The van der Waals surface area contributed by atoms with Crippen LogP contribution >= 0.6 is 0 Å². The third-order valence-electron chi connectivity index (χ3n) is 4.73. The standard InChI is InChI=1S/C21H9F8NO2/c22-11-7-13-12(6-10(11)14-15(23)17(25)19(27)18(26)16(14)24)30(20(31)21(28,29)32-13)8-9-4-2-1-3-5-9/h1-7H,8H2. The van der Waals surface area contributed by atoms with Crippen LogP contribution in [0.1, 0.15) is 5.56 Å². The Bertz CT molecular complexity index is 1220. The average molecular weight is 459 g/mol. The number of alkyl halides is 2. The number of nitrogens with zero attached hydrogens (tertiary/aromatic N) is 1. The van der Waals surface area contributed by atoms with Crippen LogP contribution in [0.4, 0.5) is 40.8 Å². The van der Waals surface area contributed by atoms with Crippen molar-refractivity contribution in [3.63, 3.8) is 0 Å². The summed E-state index contributed by atoms with van der Waals surface area (Å²) in [6, 6.07) is 8.46. The van der Waals surface area contributed by atoms with Crippen LogP contribution in [0, 0.1) is 34.9 Å². The van der Waals surface area contributed by atoms with E-state index in [4.69, 9.17) is 0 Å². The first kappa shape index (κ1) is 21.6. The molecule has 0 fully saturated rings. The van der Waals surface area contributed by atoms with Crippen LogP contribution in [0.25, 0.3) is 11.1 Å². The first-order valence-corrected chi connectivity index (χ1v) is 8.81. The highest BCUT2D eigenvalue weighted by Gasteiger charge is 2.51. The fourth-order valence-electron chi connectivity index (χ4n) is 3.24. The molecule has 0 spiro atoms. The lowest BCUT2D eigenvalue weighted by molar-refractivity contribution is -0.193. The lowest BCUT2D eigenvalue weighted by Gasteiger charge is -2.34. The maximum absolute atomic E-state index is 14.6. The number of amides is 1. The largest absolute Gasteiger partial charge is 0.482 e. The van der Waals surface area contributed by atoms with Crippen LogP contribution in [-0.2, 0) is 11.3 Å². The second kappa shape index (κ2) is 7.50. The molecule has 0 radical (unpaired) electrons. The van der Waals surface area contributed by atoms with Crippen LogP contribution in [0.5, 0.6) is 5.75 Å². The third-order valence-corrected chi connectivity index (χ3v) is 4.73. The number of rotatable bonds is 3. The first-order valence-electron chi connectivity index (χ1n) is 8.81. The molecule has 3 aromatic carbocycles. The summed E-state index contributed by atoms with van der Waals surface area (Å²) in [5, 5.41) is 0. The molecule has 0 aliphatic carbocycles. The van der Waals surface area contributed by atoms with Crippen LogP contribution in [0.15, 0.2) is 42.5 Å². The summed E-state index contributed by atoms with van der Waals surface area (Å²) < 4.78 is 116. The van der Waals surface area contributed by atoms with Gasteiger partial charge in [0.05, 0.1) is 17.8 Å². The number of benzene rings is 3. The van der Waals surface area contributed by atoms with Gasteiger partial charge in [-0.3, -0.25) is 9.69 Å². The molecule has 11 heteroatoms. The van der Waals surface area contributed by atoms with Crippen molar-refractivity contribution < 1.29 is 44.7 Å². The Morgan fingerprint density at radius 3 is 1.97 bits per heavy atom. The van der Waals surface area contributed by atoms with E-state index in [0.29, 0.717) is 16.5 Å². The number of carbonyl (C=O) groups is 1. The molecular weight excluding hydrogens is 450 g/mol. The monoisotopic (exact) mass is 459 g/mol. The van der Waals surface area contributed by atoms with Crippen molar-refractivity contribution in [1.29, 1.82) is 0 Å². The SMILES string of the molecule is O=C1N(Cc2ccccc2)c2cc(-c3c(F)c(F)c(F)c(F)c3F)c(F)cc2OC1(F)F. The molecule has 166 valence electrons. The minimum atomic E-state index is -4.39. The Morgan fingerprint density at radius 2 is 1.38 bits per heavy atom. The van der Waals surface area contributed by atoms with Crippen LogP contribution in [0.2, 0.25) is 0 Å². The zero-order valence-corrected chi connectivity index (χ0v) is 15.5. The molecule has 0 saturated heterocycles. The fraction of sp³-hybridized carbons (Fsp3) is 0.0952. The van der Waals surface area contributed by atoms with Crippen molar-refractivity contribution in [2.75, 3.05) is 4.90 Å². The van der Waals surface area contributed by atoms with Gasteiger partial charge in [-0.15, -0.1) is 0 Å². The summed E-state index contributed by atoms with van der Waals surface area (Å²) in [6.07, 6.45) is -4.39. The van der Waals surface area contributed by atoms with E-state index in [-0.39, 0.29) is 6.07 Å². The van der Waals surface area contributed by atoms with Crippen molar-refractivity contribution in [1.82, 2.24) is 0 Å². The Labute approximate surface area is 174 Å². The van der Waals surface area contributed by atoms with Gasteiger partial charge in [0.15, 0.2) is 29.0 Å². The molecule has 0 atom stereocenters. The van der Waals surface area contributed by atoms with Crippen molar-refractivity contribution >= 4 is 11.6 Å². The zero-order valence-electron chi connectivity index (χ0n) is 15.5. The van der Waals surface area contributed by atoms with Gasteiger partial charge in [0.2, 0.25) is 5.82 Å². The number of ether oxygens (including phenoxy) is 1. The minimum Gasteiger partial charge on any atom is -0.423 e. The summed E-state index contributed by atoms with van der Waals surface area (Å²) in [5.74, 6) is -16.1. The summed E-state index contributed by atoms with van der Waals surface area (Å²) in [6.45, 7) is -0.478. The number of fused-ring (bicyclic) bond motifs is 1. The Hall–Kier alpha value is -3.63. The van der Waals surface area contributed by atoms with Gasteiger partial charge < -0.3 is 4.74 Å². The molecule has 4 rings (SSSR count). The molecule has 32 heavy (non-hydrogen) atoms. The second-order valence-corrected chi connectivity index (χ2v) is 6.74. The highest BCUT2D eigenvalue weighted by molar-refractivity contribution is 6.01. The van der Waals surface area contributed by atoms with Gasteiger partial charge in [0, 0.05) is 11.6 Å². The topological polar surface area (TPSA) is 29.5 Å². The lowest BCUT2D eigenvalue weighted by atomic mass is 10.0.